The summed E-state index contributed by atoms with van der Waals surface area (Å²) >= 11 is 5.99. The van der Waals surface area contributed by atoms with Crippen molar-refractivity contribution in [3.8, 4) is 5.75 Å². The maximum atomic E-state index is 13.2. The highest BCUT2D eigenvalue weighted by molar-refractivity contribution is 6.31. The van der Waals surface area contributed by atoms with Crippen LogP contribution in [-0.2, 0) is 14.3 Å². The van der Waals surface area contributed by atoms with Gasteiger partial charge in [0.25, 0.3) is 0 Å². The Morgan fingerprint density at radius 3 is 2.50 bits per heavy atom. The van der Waals surface area contributed by atoms with Crippen LogP contribution >= 0.6 is 11.6 Å². The van der Waals surface area contributed by atoms with E-state index in [-0.39, 0.29) is 18.7 Å². The maximum Gasteiger partial charge on any atom is 0.426 e. The highest BCUT2D eigenvalue weighted by Gasteiger charge is 2.44. The Balaban J connectivity index is 1.87. The molecule has 2 aromatic rings. The molecule has 1 heterocycles. The number of hydrazine groups is 1. The number of imide groups is 1. The predicted octanol–water partition coefficient (Wildman–Crippen LogP) is 3.18. The molecule has 10 nitrogen and oxygen atoms in total. The Morgan fingerprint density at radius 2 is 1.88 bits per heavy atom. The van der Waals surface area contributed by atoms with Crippen LogP contribution in [0.1, 0.15) is 13.3 Å². The molecule has 0 saturated carbocycles. The number of rotatable bonds is 6. The van der Waals surface area contributed by atoms with Crippen molar-refractivity contribution in [3.63, 3.8) is 0 Å². The van der Waals surface area contributed by atoms with Gasteiger partial charge in [-0.3, -0.25) is 9.59 Å². The molecule has 0 radical (unpaired) electrons. The molecule has 0 unspecified atom stereocenters. The van der Waals surface area contributed by atoms with Crippen molar-refractivity contribution in [2.45, 2.75) is 19.4 Å². The van der Waals surface area contributed by atoms with E-state index in [1.54, 1.807) is 43.3 Å². The van der Waals surface area contributed by atoms with E-state index in [2.05, 4.69) is 10.7 Å². The van der Waals surface area contributed by atoms with Gasteiger partial charge in [-0.05, 0) is 49.4 Å². The van der Waals surface area contributed by atoms with Crippen molar-refractivity contribution < 1.29 is 28.7 Å². The summed E-state index contributed by atoms with van der Waals surface area (Å²) in [5.74, 6) is -0.706. The molecule has 0 bridgehead atoms. The molecule has 0 aliphatic carbocycles. The zero-order valence-electron chi connectivity index (χ0n) is 17.3. The summed E-state index contributed by atoms with van der Waals surface area (Å²) in [6.45, 7) is 1.64. The molecule has 3 rings (SSSR count). The van der Waals surface area contributed by atoms with Crippen molar-refractivity contribution in [2.75, 3.05) is 23.9 Å². The minimum Gasteiger partial charge on any atom is -0.497 e. The van der Waals surface area contributed by atoms with Gasteiger partial charge in [0.1, 0.15) is 11.8 Å². The standard InChI is InChI=1S/C21H21ClN4O6/c1-3-32-20(29)24-26-17(19(28)23-14-7-9-16(31-2)10-8-14)12-18(27)25(21(26)30)15-6-4-5-13(22)11-15/h4-11,17H,3,12H2,1-2H3,(H,23,28)(H,24,29)/t17-/m0/s1. The van der Waals surface area contributed by atoms with E-state index in [1.807, 2.05) is 0 Å². The molecule has 1 saturated heterocycles. The van der Waals surface area contributed by atoms with Gasteiger partial charge in [0.2, 0.25) is 11.8 Å². The number of halogens is 1. The Morgan fingerprint density at radius 1 is 1.16 bits per heavy atom. The molecule has 0 spiro atoms. The van der Waals surface area contributed by atoms with Crippen molar-refractivity contribution in [1.82, 2.24) is 10.4 Å². The van der Waals surface area contributed by atoms with Crippen LogP contribution in [0.5, 0.6) is 5.75 Å². The van der Waals surface area contributed by atoms with Crippen LogP contribution in [0, 0.1) is 0 Å². The number of urea groups is 1. The van der Waals surface area contributed by atoms with Crippen LogP contribution in [0.3, 0.4) is 0 Å². The second kappa shape index (κ2) is 10.0. The summed E-state index contributed by atoms with van der Waals surface area (Å²) in [4.78, 5) is 51.8. The first-order valence-electron chi connectivity index (χ1n) is 9.64. The van der Waals surface area contributed by atoms with Crippen LogP contribution < -0.4 is 20.4 Å². The average molecular weight is 461 g/mol. The normalized spacial score (nSPS) is 15.9. The molecule has 1 aliphatic heterocycles. The molecule has 5 amide bonds. The Hall–Kier alpha value is -3.79. The highest BCUT2D eigenvalue weighted by atomic mass is 35.5. The molecule has 1 atom stereocenters. The van der Waals surface area contributed by atoms with E-state index in [4.69, 9.17) is 21.1 Å². The van der Waals surface area contributed by atoms with E-state index in [0.29, 0.717) is 16.5 Å². The van der Waals surface area contributed by atoms with Gasteiger partial charge in [-0.2, -0.15) is 0 Å². The Bertz CT molecular complexity index is 1030. The third-order valence-electron chi connectivity index (χ3n) is 4.54. The first-order chi connectivity index (χ1) is 15.3. The lowest BCUT2D eigenvalue weighted by atomic mass is 10.1. The molecular weight excluding hydrogens is 440 g/mol. The third-order valence-corrected chi connectivity index (χ3v) is 4.78. The first-order valence-corrected chi connectivity index (χ1v) is 10.0. The zero-order valence-corrected chi connectivity index (χ0v) is 18.1. The molecule has 2 aromatic carbocycles. The van der Waals surface area contributed by atoms with Gasteiger partial charge in [-0.15, -0.1) is 0 Å². The zero-order chi connectivity index (χ0) is 23.3. The molecule has 1 aliphatic rings. The largest absolute Gasteiger partial charge is 0.497 e. The lowest BCUT2D eigenvalue weighted by Gasteiger charge is -2.38. The number of methoxy groups -OCH3 is 1. The summed E-state index contributed by atoms with van der Waals surface area (Å²) in [6, 6.07) is 10.4. The molecule has 168 valence electrons. The Kier molecular flexibility index (Phi) is 7.16. The fourth-order valence-corrected chi connectivity index (χ4v) is 3.25. The topological polar surface area (TPSA) is 117 Å². The van der Waals surface area contributed by atoms with Crippen molar-refractivity contribution >= 4 is 46.9 Å². The van der Waals surface area contributed by atoms with Gasteiger partial charge >= 0.3 is 12.1 Å². The van der Waals surface area contributed by atoms with Crippen LogP contribution in [0.4, 0.5) is 21.0 Å². The van der Waals surface area contributed by atoms with Gasteiger partial charge in [0, 0.05) is 10.7 Å². The number of nitrogens with one attached hydrogen (secondary N) is 2. The van der Waals surface area contributed by atoms with Crippen molar-refractivity contribution in [2.24, 2.45) is 0 Å². The van der Waals surface area contributed by atoms with Crippen LogP contribution in [0.2, 0.25) is 5.02 Å². The number of carbonyl (C=O) groups excluding carboxylic acids is 4. The van der Waals surface area contributed by atoms with Gasteiger partial charge in [0.05, 0.1) is 25.8 Å². The molecule has 1 fully saturated rings. The second-order valence-electron chi connectivity index (χ2n) is 6.63. The van der Waals surface area contributed by atoms with E-state index in [9.17, 15) is 19.2 Å². The number of ether oxygens (including phenoxy) is 2. The quantitative estimate of drug-likeness (QED) is 0.683. The van der Waals surface area contributed by atoms with Gasteiger partial charge < -0.3 is 14.8 Å². The van der Waals surface area contributed by atoms with E-state index in [1.165, 1.54) is 19.2 Å². The molecular formula is C21H21ClN4O6. The van der Waals surface area contributed by atoms with Gasteiger partial charge in [-0.25, -0.2) is 24.9 Å². The maximum absolute atomic E-state index is 13.2. The van der Waals surface area contributed by atoms with Gasteiger partial charge in [0.15, 0.2) is 0 Å². The minimum absolute atomic E-state index is 0.0491. The molecule has 0 aromatic heterocycles. The minimum atomic E-state index is -1.31. The molecule has 32 heavy (non-hydrogen) atoms. The number of hydrogen-bond donors (Lipinski definition) is 2. The van der Waals surface area contributed by atoms with Crippen molar-refractivity contribution in [1.29, 1.82) is 0 Å². The summed E-state index contributed by atoms with van der Waals surface area (Å²) < 4.78 is 9.92. The predicted molar refractivity (Wildman–Crippen MR) is 116 cm³/mol. The molecule has 2 N–H and O–H groups in total. The van der Waals surface area contributed by atoms with Gasteiger partial charge in [-0.1, -0.05) is 17.7 Å². The number of anilines is 2. The highest BCUT2D eigenvalue weighted by Crippen LogP contribution is 2.26. The summed E-state index contributed by atoms with van der Waals surface area (Å²) in [6.07, 6.45) is -1.32. The number of hydrogen-bond acceptors (Lipinski definition) is 6. The number of nitrogens with zero attached hydrogens (tertiary/aromatic N) is 2. The summed E-state index contributed by atoms with van der Waals surface area (Å²) in [5, 5.41) is 3.72. The smallest absolute Gasteiger partial charge is 0.426 e. The SMILES string of the molecule is CCOC(=O)NN1C(=O)N(c2cccc(Cl)c2)C(=O)C[C@H]1C(=O)Nc1ccc(OC)cc1. The fraction of sp³-hybridized carbons (Fsp3) is 0.238. The van der Waals surface area contributed by atoms with Crippen LogP contribution in [-0.4, -0.2) is 48.7 Å². The summed E-state index contributed by atoms with van der Waals surface area (Å²) in [5.41, 5.74) is 2.88. The third kappa shape index (κ3) is 5.09. The number of benzene rings is 2. The first kappa shape index (κ1) is 22.9. The fourth-order valence-electron chi connectivity index (χ4n) is 3.06. The lowest BCUT2D eigenvalue weighted by Crippen LogP contribution is -2.65. The monoisotopic (exact) mass is 460 g/mol. The molecule has 11 heteroatoms. The second-order valence-corrected chi connectivity index (χ2v) is 7.07. The Labute approximate surface area is 189 Å². The lowest BCUT2D eigenvalue weighted by molar-refractivity contribution is -0.128. The van der Waals surface area contributed by atoms with Crippen LogP contribution in [0.25, 0.3) is 0 Å². The van der Waals surface area contributed by atoms with Crippen molar-refractivity contribution in [3.05, 3.63) is 53.6 Å². The van der Waals surface area contributed by atoms with E-state index >= 15 is 0 Å². The average Bonchev–Trinajstić information content (AvgIpc) is 2.76. The van der Waals surface area contributed by atoms with E-state index < -0.39 is 30.0 Å². The summed E-state index contributed by atoms with van der Waals surface area (Å²) in [7, 11) is 1.51. The number of carbonyl (C=O) groups is 4. The number of amides is 5. The van der Waals surface area contributed by atoms with E-state index in [0.717, 1.165) is 9.91 Å². The van der Waals surface area contributed by atoms with Crippen LogP contribution in [0.15, 0.2) is 48.5 Å².